The summed E-state index contributed by atoms with van der Waals surface area (Å²) in [6, 6.07) is -0.456. The van der Waals surface area contributed by atoms with Crippen molar-refractivity contribution in [3.05, 3.63) is 0 Å². The Kier molecular flexibility index (Phi) is 8.58. The molecule has 4 nitrogen and oxygen atoms in total. The van der Waals surface area contributed by atoms with Crippen LogP contribution in [0.1, 0.15) is 52.4 Å². The first-order valence-corrected chi connectivity index (χ1v) is 6.10. The Morgan fingerprint density at radius 1 is 1.06 bits per heavy atom. The molecule has 0 aliphatic rings. The smallest absolute Gasteiger partial charge is 0.312 e. The molecule has 4 heteroatoms. The van der Waals surface area contributed by atoms with Crippen LogP contribution in [0.3, 0.4) is 0 Å². The molecule has 2 amide bonds. The fourth-order valence-corrected chi connectivity index (χ4v) is 1.45. The molecule has 0 aromatic rings. The van der Waals surface area contributed by atoms with Crippen molar-refractivity contribution in [2.24, 2.45) is 11.7 Å². The van der Waals surface area contributed by atoms with Gasteiger partial charge in [-0.15, -0.1) is 0 Å². The van der Waals surface area contributed by atoms with Crippen LogP contribution in [0.15, 0.2) is 0 Å². The van der Waals surface area contributed by atoms with E-state index in [0.717, 1.165) is 32.1 Å². The van der Waals surface area contributed by atoms with Gasteiger partial charge >= 0.3 is 6.03 Å². The predicted octanol–water partition coefficient (Wildman–Crippen LogP) is 2.22. The van der Waals surface area contributed by atoms with Gasteiger partial charge in [0.25, 0.3) is 0 Å². The highest BCUT2D eigenvalue weighted by Gasteiger charge is 2.05. The molecule has 3 N–H and O–H groups in total. The summed E-state index contributed by atoms with van der Waals surface area (Å²) < 4.78 is 0. The standard InChI is InChI=1S/C12H24N2O2/c1-10(2)11(15)8-6-4-3-5-7-9-14-12(13)16/h10H,3-9H2,1-2H3,(H3,13,14,16). The number of amides is 2. The number of hydrogen-bond acceptors (Lipinski definition) is 2. The Hall–Kier alpha value is -1.06. The molecule has 0 unspecified atom stereocenters. The molecule has 0 atom stereocenters. The molecule has 16 heavy (non-hydrogen) atoms. The van der Waals surface area contributed by atoms with Crippen molar-refractivity contribution in [1.82, 2.24) is 5.32 Å². The molecule has 94 valence electrons. The van der Waals surface area contributed by atoms with E-state index in [2.05, 4.69) is 5.32 Å². The summed E-state index contributed by atoms with van der Waals surface area (Å²) in [6.45, 7) is 4.54. The van der Waals surface area contributed by atoms with E-state index in [9.17, 15) is 9.59 Å². The Morgan fingerprint density at radius 3 is 2.19 bits per heavy atom. The number of Topliss-reactive ketones (excluding diaryl/α,β-unsaturated/α-hetero) is 1. The number of hydrogen-bond donors (Lipinski definition) is 2. The van der Waals surface area contributed by atoms with E-state index in [4.69, 9.17) is 5.73 Å². The molecule has 0 spiro atoms. The largest absolute Gasteiger partial charge is 0.352 e. The van der Waals surface area contributed by atoms with Gasteiger partial charge in [0.1, 0.15) is 5.78 Å². The first-order valence-electron chi connectivity index (χ1n) is 6.10. The monoisotopic (exact) mass is 228 g/mol. The van der Waals surface area contributed by atoms with Crippen LogP contribution in [0.2, 0.25) is 0 Å². The zero-order chi connectivity index (χ0) is 12.4. The van der Waals surface area contributed by atoms with Crippen molar-refractivity contribution < 1.29 is 9.59 Å². The van der Waals surface area contributed by atoms with E-state index in [-0.39, 0.29) is 5.92 Å². The van der Waals surface area contributed by atoms with Gasteiger partial charge < -0.3 is 11.1 Å². The second kappa shape index (κ2) is 9.19. The molecular formula is C12H24N2O2. The molecule has 0 fully saturated rings. The third-order valence-corrected chi connectivity index (χ3v) is 2.54. The lowest BCUT2D eigenvalue weighted by Gasteiger charge is -2.04. The number of carbonyl (C=O) groups excluding carboxylic acids is 2. The van der Waals surface area contributed by atoms with Crippen molar-refractivity contribution in [1.29, 1.82) is 0 Å². The lowest BCUT2D eigenvalue weighted by Crippen LogP contribution is -2.29. The van der Waals surface area contributed by atoms with Gasteiger partial charge in [0.15, 0.2) is 0 Å². The lowest BCUT2D eigenvalue weighted by molar-refractivity contribution is -0.122. The van der Waals surface area contributed by atoms with Gasteiger partial charge in [0.05, 0.1) is 0 Å². The van der Waals surface area contributed by atoms with Crippen molar-refractivity contribution in [2.45, 2.75) is 52.4 Å². The summed E-state index contributed by atoms with van der Waals surface area (Å²) in [5.41, 5.74) is 4.93. The van der Waals surface area contributed by atoms with Gasteiger partial charge in [-0.3, -0.25) is 4.79 Å². The summed E-state index contributed by atoms with van der Waals surface area (Å²) in [5, 5.41) is 2.55. The number of carbonyl (C=O) groups is 2. The van der Waals surface area contributed by atoms with Gasteiger partial charge in [0.2, 0.25) is 0 Å². The normalized spacial score (nSPS) is 10.4. The van der Waals surface area contributed by atoms with Crippen molar-refractivity contribution in [2.75, 3.05) is 6.54 Å². The van der Waals surface area contributed by atoms with Gasteiger partial charge in [-0.05, 0) is 12.8 Å². The average Bonchev–Trinajstić information content (AvgIpc) is 2.21. The lowest BCUT2D eigenvalue weighted by atomic mass is 10.0. The highest BCUT2D eigenvalue weighted by atomic mass is 16.2. The minimum atomic E-state index is -0.456. The third kappa shape index (κ3) is 9.49. The number of rotatable bonds is 9. The Labute approximate surface area is 98.0 Å². The van der Waals surface area contributed by atoms with Gasteiger partial charge in [-0.1, -0.05) is 33.1 Å². The summed E-state index contributed by atoms with van der Waals surface area (Å²) in [5.74, 6) is 0.523. The maximum atomic E-state index is 11.3. The Bertz CT molecular complexity index is 215. The molecule has 0 saturated heterocycles. The van der Waals surface area contributed by atoms with E-state index < -0.39 is 6.03 Å². The minimum absolute atomic E-state index is 0.166. The molecule has 0 saturated carbocycles. The zero-order valence-corrected chi connectivity index (χ0v) is 10.4. The van der Waals surface area contributed by atoms with Crippen molar-refractivity contribution in [3.63, 3.8) is 0 Å². The fourth-order valence-electron chi connectivity index (χ4n) is 1.45. The topological polar surface area (TPSA) is 72.2 Å². The van der Waals surface area contributed by atoms with Crippen molar-refractivity contribution >= 4 is 11.8 Å². The van der Waals surface area contributed by atoms with Crippen LogP contribution in [0.4, 0.5) is 4.79 Å². The maximum Gasteiger partial charge on any atom is 0.312 e. The summed E-state index contributed by atoms with van der Waals surface area (Å²) in [4.78, 5) is 21.6. The maximum absolute atomic E-state index is 11.3. The Balaban J connectivity index is 3.16. The number of ketones is 1. The van der Waals surface area contributed by atoms with Gasteiger partial charge in [-0.25, -0.2) is 4.79 Å². The predicted molar refractivity (Wildman–Crippen MR) is 65.1 cm³/mol. The van der Waals surface area contributed by atoms with Crippen LogP contribution in [0.5, 0.6) is 0 Å². The fraction of sp³-hybridized carbons (Fsp3) is 0.833. The number of nitrogens with one attached hydrogen (secondary N) is 1. The molecule has 0 aliphatic heterocycles. The third-order valence-electron chi connectivity index (χ3n) is 2.54. The number of unbranched alkanes of at least 4 members (excludes halogenated alkanes) is 4. The highest BCUT2D eigenvalue weighted by molar-refractivity contribution is 5.80. The number of primary amides is 1. The van der Waals surface area contributed by atoms with Gasteiger partial charge in [-0.2, -0.15) is 0 Å². The summed E-state index contributed by atoms with van der Waals surface area (Å²) in [7, 11) is 0. The van der Waals surface area contributed by atoms with E-state index in [1.165, 1.54) is 0 Å². The SMILES string of the molecule is CC(C)C(=O)CCCCCCCNC(N)=O. The number of urea groups is 1. The van der Waals surface area contributed by atoms with Crippen LogP contribution in [0.25, 0.3) is 0 Å². The first kappa shape index (κ1) is 14.9. The van der Waals surface area contributed by atoms with Crippen molar-refractivity contribution in [3.8, 4) is 0 Å². The molecule has 0 heterocycles. The van der Waals surface area contributed by atoms with E-state index in [1.807, 2.05) is 13.8 Å². The molecule has 0 aromatic heterocycles. The van der Waals surface area contributed by atoms with Crippen LogP contribution >= 0.6 is 0 Å². The van der Waals surface area contributed by atoms with E-state index >= 15 is 0 Å². The second-order valence-electron chi connectivity index (χ2n) is 4.43. The van der Waals surface area contributed by atoms with Crippen LogP contribution in [-0.4, -0.2) is 18.4 Å². The molecule has 0 aromatic carbocycles. The van der Waals surface area contributed by atoms with E-state index in [0.29, 0.717) is 18.7 Å². The second-order valence-corrected chi connectivity index (χ2v) is 4.43. The average molecular weight is 228 g/mol. The molecular weight excluding hydrogens is 204 g/mol. The zero-order valence-electron chi connectivity index (χ0n) is 10.4. The Morgan fingerprint density at radius 2 is 1.62 bits per heavy atom. The first-order chi connectivity index (χ1) is 7.54. The highest BCUT2D eigenvalue weighted by Crippen LogP contribution is 2.08. The quantitative estimate of drug-likeness (QED) is 0.594. The molecule has 0 rings (SSSR count). The number of nitrogens with two attached hydrogens (primary N) is 1. The summed E-state index contributed by atoms with van der Waals surface area (Å²) in [6.07, 6.45) is 5.94. The molecule has 0 radical (unpaired) electrons. The van der Waals surface area contributed by atoms with E-state index in [1.54, 1.807) is 0 Å². The van der Waals surface area contributed by atoms with Crippen LogP contribution < -0.4 is 11.1 Å². The molecule has 0 aliphatic carbocycles. The molecule has 0 bridgehead atoms. The minimum Gasteiger partial charge on any atom is -0.352 e. The van der Waals surface area contributed by atoms with Crippen LogP contribution in [-0.2, 0) is 4.79 Å². The van der Waals surface area contributed by atoms with Crippen LogP contribution in [0, 0.1) is 5.92 Å². The summed E-state index contributed by atoms with van der Waals surface area (Å²) >= 11 is 0. The van der Waals surface area contributed by atoms with Gasteiger partial charge in [0, 0.05) is 18.9 Å².